The molecule has 0 aliphatic carbocycles. The standard InChI is InChI=1S/C26H14N8O8/c35-31(36)21-12-20-22(13-4-2-1-3-5-13)14-6-7-15(27-14)24(32(37)38)16-8-9-17(28-16)25(33(39)40)18-10-11-19(29-18)26(34(41)42)23(21)30-20/h1-12,27-28H. The Hall–Kier alpha value is -6.58. The summed E-state index contributed by atoms with van der Waals surface area (Å²) < 4.78 is 0. The van der Waals surface area contributed by atoms with Crippen molar-refractivity contribution in [2.24, 2.45) is 0 Å². The zero-order chi connectivity index (χ0) is 29.7. The third-order valence-electron chi connectivity index (χ3n) is 6.57. The van der Waals surface area contributed by atoms with Crippen molar-refractivity contribution in [3.8, 4) is 11.1 Å². The SMILES string of the molecule is O=[N+]([O-])C1=Cc2nc1c([N+](=O)[O-])c1nc(c([N+](=O)[O-])c3ccc([nH]3)c([N+](=O)[O-])c3ccc([nH]3)c2-c2ccccc2)C=C1. The number of fused-ring (bicyclic) bond motifs is 8. The molecule has 0 fully saturated rings. The van der Waals surface area contributed by atoms with E-state index in [2.05, 4.69) is 19.9 Å². The molecule has 42 heavy (non-hydrogen) atoms. The number of aromatic amines is 2. The molecule has 6 rings (SSSR count). The Labute approximate surface area is 231 Å². The molecule has 2 N–H and O–H groups in total. The number of aromatic nitrogens is 4. The molecule has 3 aromatic heterocycles. The number of nitrogens with zero attached hydrogens (tertiary/aromatic N) is 6. The van der Waals surface area contributed by atoms with Crippen LogP contribution in [0.15, 0.2) is 54.6 Å². The van der Waals surface area contributed by atoms with Crippen LogP contribution in [0.1, 0.15) is 22.8 Å². The first-order chi connectivity index (χ1) is 20.1. The van der Waals surface area contributed by atoms with E-state index in [1.807, 2.05) is 0 Å². The van der Waals surface area contributed by atoms with E-state index < -0.39 is 53.8 Å². The van der Waals surface area contributed by atoms with Crippen molar-refractivity contribution >= 4 is 63.1 Å². The number of hydrogen-bond donors (Lipinski definition) is 2. The Morgan fingerprint density at radius 2 is 1.07 bits per heavy atom. The van der Waals surface area contributed by atoms with Crippen molar-refractivity contribution in [1.82, 2.24) is 19.9 Å². The van der Waals surface area contributed by atoms with Crippen LogP contribution in [0.4, 0.5) is 17.1 Å². The van der Waals surface area contributed by atoms with Gasteiger partial charge < -0.3 is 9.97 Å². The molecular formula is C26H14N8O8. The van der Waals surface area contributed by atoms with Crippen LogP contribution in [0, 0.1) is 40.5 Å². The Kier molecular flexibility index (Phi) is 5.85. The van der Waals surface area contributed by atoms with E-state index in [-0.39, 0.29) is 39.0 Å². The largest absolute Gasteiger partial charge is 0.349 e. The molecule has 16 heteroatoms. The maximum atomic E-state index is 12.3. The highest BCUT2D eigenvalue weighted by molar-refractivity contribution is 5.96. The van der Waals surface area contributed by atoms with Crippen LogP contribution in [0.3, 0.4) is 0 Å². The first kappa shape index (κ1) is 25.7. The van der Waals surface area contributed by atoms with E-state index in [9.17, 15) is 40.5 Å². The molecule has 5 heterocycles. The molecule has 2 aliphatic heterocycles. The van der Waals surface area contributed by atoms with Crippen LogP contribution in [0.5, 0.6) is 0 Å². The average molecular weight is 566 g/mol. The summed E-state index contributed by atoms with van der Waals surface area (Å²) in [5, 5.41) is 48.7. The van der Waals surface area contributed by atoms with E-state index in [4.69, 9.17) is 0 Å². The summed E-state index contributed by atoms with van der Waals surface area (Å²) in [4.78, 5) is 59.5. The summed E-state index contributed by atoms with van der Waals surface area (Å²) in [6, 6.07) is 14.0. The van der Waals surface area contributed by atoms with Gasteiger partial charge in [-0.05, 0) is 42.0 Å². The molecular weight excluding hydrogens is 552 g/mol. The lowest BCUT2D eigenvalue weighted by Crippen LogP contribution is -2.02. The number of nitro groups is 4. The van der Waals surface area contributed by atoms with Gasteiger partial charge in [0.25, 0.3) is 0 Å². The second kappa shape index (κ2) is 9.56. The van der Waals surface area contributed by atoms with Crippen molar-refractivity contribution in [3.05, 3.63) is 118 Å². The van der Waals surface area contributed by atoms with E-state index in [0.29, 0.717) is 5.56 Å². The van der Waals surface area contributed by atoms with Crippen molar-refractivity contribution < 1.29 is 19.7 Å². The van der Waals surface area contributed by atoms with Gasteiger partial charge in [-0.15, -0.1) is 0 Å². The van der Waals surface area contributed by atoms with Gasteiger partial charge in [0.2, 0.25) is 5.69 Å². The van der Waals surface area contributed by atoms with Crippen LogP contribution < -0.4 is 0 Å². The zero-order valence-corrected chi connectivity index (χ0v) is 20.9. The number of nitrogens with one attached hydrogen (secondary N) is 2. The fourth-order valence-electron chi connectivity index (χ4n) is 4.84. The highest BCUT2D eigenvalue weighted by atomic mass is 16.6. The number of H-pyrrole nitrogens is 2. The lowest BCUT2D eigenvalue weighted by Gasteiger charge is -2.03. The van der Waals surface area contributed by atoms with E-state index in [1.165, 1.54) is 24.3 Å². The third-order valence-corrected chi connectivity index (χ3v) is 6.57. The average Bonchev–Trinajstić information content (AvgIpc) is 3.74. The summed E-state index contributed by atoms with van der Waals surface area (Å²) in [6.45, 7) is 0. The van der Waals surface area contributed by atoms with Gasteiger partial charge in [-0.3, -0.25) is 40.5 Å². The van der Waals surface area contributed by atoms with Crippen LogP contribution in [0.25, 0.3) is 57.1 Å². The zero-order valence-electron chi connectivity index (χ0n) is 20.9. The lowest BCUT2D eigenvalue weighted by molar-refractivity contribution is -0.392. The maximum Gasteiger partial charge on any atom is 0.327 e. The molecule has 0 spiro atoms. The normalized spacial score (nSPS) is 12.1. The van der Waals surface area contributed by atoms with Crippen LogP contribution in [-0.2, 0) is 0 Å². The van der Waals surface area contributed by atoms with Gasteiger partial charge >= 0.3 is 22.8 Å². The summed E-state index contributed by atoms with van der Waals surface area (Å²) in [5.74, 6) is 0. The number of benzene rings is 1. The quantitative estimate of drug-likeness (QED) is 0.196. The number of hydrogen-bond acceptors (Lipinski definition) is 10. The molecule has 1 aromatic carbocycles. The summed E-state index contributed by atoms with van der Waals surface area (Å²) >= 11 is 0. The first-order valence-electron chi connectivity index (χ1n) is 12.0. The van der Waals surface area contributed by atoms with Crippen molar-refractivity contribution in [2.75, 3.05) is 0 Å². The van der Waals surface area contributed by atoms with Gasteiger partial charge in [0, 0.05) is 17.2 Å². The smallest absolute Gasteiger partial charge is 0.327 e. The Bertz CT molecular complexity index is 2110. The molecule has 16 nitrogen and oxygen atoms in total. The Morgan fingerprint density at radius 1 is 0.548 bits per heavy atom. The van der Waals surface area contributed by atoms with Gasteiger partial charge in [-0.1, -0.05) is 30.3 Å². The second-order valence-corrected chi connectivity index (χ2v) is 8.98. The molecule has 206 valence electrons. The molecule has 2 aliphatic rings. The van der Waals surface area contributed by atoms with Gasteiger partial charge in [0.05, 0.1) is 25.4 Å². The topological polar surface area (TPSA) is 230 Å². The van der Waals surface area contributed by atoms with Crippen LogP contribution in [0.2, 0.25) is 0 Å². The van der Waals surface area contributed by atoms with Gasteiger partial charge in [-0.25, -0.2) is 9.97 Å². The fraction of sp³-hybridized carbons (Fsp3) is 0. The minimum Gasteiger partial charge on any atom is -0.349 e. The Balaban J connectivity index is 1.91. The van der Waals surface area contributed by atoms with Gasteiger partial charge in [0.15, 0.2) is 0 Å². The highest BCUT2D eigenvalue weighted by Gasteiger charge is 2.35. The van der Waals surface area contributed by atoms with Crippen molar-refractivity contribution in [3.63, 3.8) is 0 Å². The minimum atomic E-state index is -0.889. The van der Waals surface area contributed by atoms with Crippen molar-refractivity contribution in [1.29, 1.82) is 0 Å². The monoisotopic (exact) mass is 566 g/mol. The number of rotatable bonds is 5. The minimum absolute atomic E-state index is 0.0131. The van der Waals surface area contributed by atoms with E-state index in [0.717, 1.165) is 18.2 Å². The van der Waals surface area contributed by atoms with Crippen LogP contribution >= 0.6 is 0 Å². The molecule has 0 amide bonds. The molecule has 8 bridgehead atoms. The molecule has 0 unspecified atom stereocenters. The lowest BCUT2D eigenvalue weighted by atomic mass is 10.0. The summed E-state index contributed by atoms with van der Waals surface area (Å²) in [5.41, 5.74) is -3.09. The first-order valence-corrected chi connectivity index (χ1v) is 12.0. The fourth-order valence-corrected chi connectivity index (χ4v) is 4.84. The Morgan fingerprint density at radius 3 is 1.64 bits per heavy atom. The van der Waals surface area contributed by atoms with Gasteiger partial charge in [0.1, 0.15) is 27.9 Å². The van der Waals surface area contributed by atoms with Crippen molar-refractivity contribution in [2.45, 2.75) is 0 Å². The second-order valence-electron chi connectivity index (χ2n) is 8.98. The predicted molar refractivity (Wildman–Crippen MR) is 150 cm³/mol. The summed E-state index contributed by atoms with van der Waals surface area (Å²) in [6.07, 6.45) is 3.32. The van der Waals surface area contributed by atoms with Crippen LogP contribution in [-0.4, -0.2) is 39.6 Å². The molecule has 4 aromatic rings. The van der Waals surface area contributed by atoms with E-state index in [1.54, 1.807) is 30.3 Å². The third kappa shape index (κ3) is 4.11. The molecule has 0 saturated heterocycles. The highest BCUT2D eigenvalue weighted by Crippen LogP contribution is 2.38. The molecule has 0 atom stereocenters. The summed E-state index contributed by atoms with van der Waals surface area (Å²) in [7, 11) is 0. The maximum absolute atomic E-state index is 12.3. The van der Waals surface area contributed by atoms with E-state index >= 15 is 0 Å². The molecule has 0 saturated carbocycles. The predicted octanol–water partition coefficient (Wildman–Crippen LogP) is 5.65. The van der Waals surface area contributed by atoms with Gasteiger partial charge in [-0.2, -0.15) is 0 Å². The molecule has 0 radical (unpaired) electrons.